The van der Waals surface area contributed by atoms with Crippen LogP contribution in [0.3, 0.4) is 0 Å². The fourth-order valence-corrected chi connectivity index (χ4v) is 1.81. The second-order valence-corrected chi connectivity index (χ2v) is 4.82. The van der Waals surface area contributed by atoms with Crippen molar-refractivity contribution in [1.82, 2.24) is 26.1 Å². The van der Waals surface area contributed by atoms with Crippen molar-refractivity contribution in [2.24, 2.45) is 0 Å². The Bertz CT molecular complexity index is 943. The molecule has 2 amide bonds. The van der Waals surface area contributed by atoms with Gasteiger partial charge in [-0.3, -0.25) is 20.4 Å². The molecule has 2 heterocycles. The summed E-state index contributed by atoms with van der Waals surface area (Å²) in [4.78, 5) is 27.6. The van der Waals surface area contributed by atoms with E-state index in [1.54, 1.807) is 6.07 Å². The number of halogens is 1. The van der Waals surface area contributed by atoms with Crippen LogP contribution in [0.1, 0.15) is 20.8 Å². The molecule has 11 heteroatoms. The first-order chi connectivity index (χ1) is 12.5. The van der Waals surface area contributed by atoms with E-state index >= 15 is 0 Å². The van der Waals surface area contributed by atoms with Crippen molar-refractivity contribution < 1.29 is 23.3 Å². The van der Waals surface area contributed by atoms with Crippen molar-refractivity contribution in [1.29, 1.82) is 0 Å². The first-order valence-electron chi connectivity index (χ1n) is 7.12. The van der Waals surface area contributed by atoms with Gasteiger partial charge in [0, 0.05) is 12.3 Å². The highest BCUT2D eigenvalue weighted by atomic mass is 19.1. The molecule has 3 aromatic rings. The quantitative estimate of drug-likeness (QED) is 0.587. The molecule has 0 spiro atoms. The lowest BCUT2D eigenvalue weighted by Crippen LogP contribution is -2.42. The van der Waals surface area contributed by atoms with Crippen LogP contribution in [0.5, 0.6) is 11.6 Å². The molecule has 0 saturated heterocycles. The lowest BCUT2D eigenvalue weighted by Gasteiger charge is -2.07. The maximum atomic E-state index is 13.5. The fraction of sp³-hybridized carbons (Fsp3) is 0. The van der Waals surface area contributed by atoms with Crippen LogP contribution < -0.4 is 21.3 Å². The topological polar surface area (TPSA) is 145 Å². The molecule has 0 radical (unpaired) electrons. The molecule has 0 bridgehead atoms. The van der Waals surface area contributed by atoms with Crippen LogP contribution in [-0.4, -0.2) is 27.1 Å². The van der Waals surface area contributed by atoms with E-state index in [9.17, 15) is 14.0 Å². The highest BCUT2D eigenvalue weighted by molar-refractivity contribution is 5.99. The van der Waals surface area contributed by atoms with E-state index in [0.717, 1.165) is 0 Å². The molecule has 2 aromatic heterocycles. The van der Waals surface area contributed by atoms with Gasteiger partial charge >= 0.3 is 0 Å². The Morgan fingerprint density at radius 2 is 1.85 bits per heavy atom. The molecule has 0 aliphatic heterocycles. The first kappa shape index (κ1) is 16.8. The Hall–Kier alpha value is -4.02. The van der Waals surface area contributed by atoms with E-state index in [1.165, 1.54) is 36.5 Å². The van der Waals surface area contributed by atoms with E-state index in [0.29, 0.717) is 0 Å². The number of carbonyl (C=O) groups excluding carboxylic acids is 2. The molecule has 1 aromatic carbocycles. The van der Waals surface area contributed by atoms with Crippen LogP contribution in [0.15, 0.2) is 47.2 Å². The molecule has 4 N–H and O–H groups in total. The Kier molecular flexibility index (Phi) is 4.69. The lowest BCUT2D eigenvalue weighted by molar-refractivity contribution is 0.0841. The van der Waals surface area contributed by atoms with Crippen molar-refractivity contribution in [3.8, 4) is 11.6 Å². The van der Waals surface area contributed by atoms with Crippen molar-refractivity contribution >= 4 is 17.6 Å². The van der Waals surface area contributed by atoms with Gasteiger partial charge in [-0.15, -0.1) is 0 Å². The van der Waals surface area contributed by atoms with Crippen LogP contribution in [0.2, 0.25) is 0 Å². The molecular formula is C15H11FN6O4. The monoisotopic (exact) mass is 358 g/mol. The number of benzene rings is 1. The van der Waals surface area contributed by atoms with E-state index in [4.69, 9.17) is 10.5 Å². The molecule has 0 saturated carbocycles. The molecule has 0 unspecified atom stereocenters. The minimum Gasteiger partial charge on any atom is -0.436 e. The molecule has 0 fully saturated rings. The standard InChI is InChI=1S/C15H11FN6O4/c16-9-3-1-2-4-10(9)25-11-6-5-8(7-18-11)14(23)19-20-15(24)12-13(17)22-26-21-12/h1-7H,(H2,17,22)(H,19,23)(H,20,24). The Balaban J connectivity index is 1.59. The lowest BCUT2D eigenvalue weighted by atomic mass is 10.3. The zero-order valence-corrected chi connectivity index (χ0v) is 13.0. The number of pyridine rings is 1. The van der Waals surface area contributed by atoms with Gasteiger partial charge in [0.25, 0.3) is 11.8 Å². The van der Waals surface area contributed by atoms with Crippen molar-refractivity contribution in [3.05, 3.63) is 59.7 Å². The van der Waals surface area contributed by atoms with Crippen molar-refractivity contribution in [3.63, 3.8) is 0 Å². The molecule has 10 nitrogen and oxygen atoms in total. The number of hydrogen-bond donors (Lipinski definition) is 3. The van der Waals surface area contributed by atoms with E-state index in [2.05, 4.69) is 30.8 Å². The summed E-state index contributed by atoms with van der Waals surface area (Å²) in [5.74, 6) is -2.11. The third kappa shape index (κ3) is 3.72. The van der Waals surface area contributed by atoms with Crippen molar-refractivity contribution in [2.75, 3.05) is 5.73 Å². The van der Waals surface area contributed by atoms with Crippen molar-refractivity contribution in [2.45, 2.75) is 0 Å². The second kappa shape index (κ2) is 7.25. The van der Waals surface area contributed by atoms with E-state index < -0.39 is 17.6 Å². The molecular weight excluding hydrogens is 347 g/mol. The third-order valence-electron chi connectivity index (χ3n) is 3.07. The summed E-state index contributed by atoms with van der Waals surface area (Å²) in [5, 5.41) is 6.53. The van der Waals surface area contributed by atoms with Gasteiger partial charge in [-0.25, -0.2) is 14.0 Å². The van der Waals surface area contributed by atoms with Gasteiger partial charge in [0.2, 0.25) is 17.4 Å². The third-order valence-corrected chi connectivity index (χ3v) is 3.07. The molecule has 0 aliphatic carbocycles. The average molecular weight is 358 g/mol. The maximum absolute atomic E-state index is 13.5. The summed E-state index contributed by atoms with van der Waals surface area (Å²) in [6.45, 7) is 0. The smallest absolute Gasteiger partial charge is 0.295 e. The summed E-state index contributed by atoms with van der Waals surface area (Å²) in [7, 11) is 0. The number of hydrogen-bond acceptors (Lipinski definition) is 8. The number of aromatic nitrogens is 3. The SMILES string of the molecule is Nc1nonc1C(=O)NNC(=O)c1ccc(Oc2ccccc2F)nc1. The minimum absolute atomic E-state index is 0.00303. The van der Waals surface area contributed by atoms with Gasteiger partial charge in [-0.2, -0.15) is 0 Å². The predicted octanol–water partition coefficient (Wildman–Crippen LogP) is 1.05. The van der Waals surface area contributed by atoms with Crippen LogP contribution in [0.25, 0.3) is 0 Å². The number of carbonyl (C=O) groups is 2. The number of rotatable bonds is 4. The first-order valence-corrected chi connectivity index (χ1v) is 7.12. The predicted molar refractivity (Wildman–Crippen MR) is 84.4 cm³/mol. The number of para-hydroxylation sites is 1. The Morgan fingerprint density at radius 3 is 2.50 bits per heavy atom. The highest BCUT2D eigenvalue weighted by Gasteiger charge is 2.17. The maximum Gasteiger partial charge on any atom is 0.295 e. The van der Waals surface area contributed by atoms with Gasteiger partial charge in [0.15, 0.2) is 11.6 Å². The van der Waals surface area contributed by atoms with E-state index in [1.807, 2.05) is 0 Å². The number of nitrogens with two attached hydrogens (primary N) is 1. The highest BCUT2D eigenvalue weighted by Crippen LogP contribution is 2.22. The summed E-state index contributed by atoms with van der Waals surface area (Å²) < 4.78 is 23.1. The van der Waals surface area contributed by atoms with Crippen LogP contribution in [-0.2, 0) is 0 Å². The zero-order chi connectivity index (χ0) is 18.5. The van der Waals surface area contributed by atoms with E-state index in [-0.39, 0.29) is 28.7 Å². The number of nitrogen functional groups attached to an aromatic ring is 1. The number of nitrogens with zero attached hydrogens (tertiary/aromatic N) is 3. The van der Waals surface area contributed by atoms with Gasteiger partial charge in [-0.1, -0.05) is 12.1 Å². The Morgan fingerprint density at radius 1 is 1.08 bits per heavy atom. The summed E-state index contributed by atoms with van der Waals surface area (Å²) in [6.07, 6.45) is 1.20. The van der Waals surface area contributed by atoms with Gasteiger partial charge in [0.05, 0.1) is 5.56 Å². The number of ether oxygens (including phenoxy) is 1. The van der Waals surface area contributed by atoms with Crippen LogP contribution in [0, 0.1) is 5.82 Å². The number of hydrazine groups is 1. The molecule has 0 aliphatic rings. The number of anilines is 1. The summed E-state index contributed by atoms with van der Waals surface area (Å²) >= 11 is 0. The largest absolute Gasteiger partial charge is 0.436 e. The van der Waals surface area contributed by atoms with Crippen LogP contribution in [0.4, 0.5) is 10.2 Å². The molecule has 26 heavy (non-hydrogen) atoms. The van der Waals surface area contributed by atoms with Gasteiger partial charge in [-0.05, 0) is 28.5 Å². The fourth-order valence-electron chi connectivity index (χ4n) is 1.81. The summed E-state index contributed by atoms with van der Waals surface area (Å²) in [5.41, 5.74) is 9.46. The summed E-state index contributed by atoms with van der Waals surface area (Å²) in [6, 6.07) is 8.59. The normalized spacial score (nSPS) is 10.2. The molecule has 3 rings (SSSR count). The zero-order valence-electron chi connectivity index (χ0n) is 13.0. The van der Waals surface area contributed by atoms with Gasteiger partial charge in [0.1, 0.15) is 0 Å². The molecule has 132 valence electrons. The second-order valence-electron chi connectivity index (χ2n) is 4.82. The number of amides is 2. The Labute approximate surface area is 145 Å². The number of nitrogens with one attached hydrogen (secondary N) is 2. The average Bonchev–Trinajstić information content (AvgIpc) is 3.08. The minimum atomic E-state index is -0.801. The molecule has 0 atom stereocenters. The van der Waals surface area contributed by atoms with Crippen LogP contribution >= 0.6 is 0 Å². The van der Waals surface area contributed by atoms with Gasteiger partial charge < -0.3 is 10.5 Å².